The zero-order chi connectivity index (χ0) is 15.4. The summed E-state index contributed by atoms with van der Waals surface area (Å²) >= 11 is 0. The molecule has 0 radical (unpaired) electrons. The molecular formula is C16H22N2O3. The molecule has 0 heterocycles. The molecule has 0 aromatic heterocycles. The first-order chi connectivity index (χ1) is 9.95. The van der Waals surface area contributed by atoms with Crippen LogP contribution >= 0.6 is 0 Å². The normalized spacial score (nSPS) is 14.6. The molecule has 0 spiro atoms. The molecule has 0 unspecified atom stereocenters. The summed E-state index contributed by atoms with van der Waals surface area (Å²) in [5, 5.41) is 14.4. The Morgan fingerprint density at radius 2 is 1.95 bits per heavy atom. The van der Waals surface area contributed by atoms with Gasteiger partial charge in [0.05, 0.1) is 0 Å². The first-order valence-corrected chi connectivity index (χ1v) is 7.38. The van der Waals surface area contributed by atoms with E-state index in [1.54, 1.807) is 0 Å². The second-order valence-corrected chi connectivity index (χ2v) is 5.96. The minimum atomic E-state index is -1.01. The van der Waals surface area contributed by atoms with E-state index in [0.717, 1.165) is 19.3 Å². The Kier molecular flexibility index (Phi) is 4.83. The van der Waals surface area contributed by atoms with Crippen LogP contribution in [-0.2, 0) is 17.6 Å². The summed E-state index contributed by atoms with van der Waals surface area (Å²) in [6, 6.07) is 4.53. The fraction of sp³-hybridized carbons (Fsp3) is 0.500. The topological polar surface area (TPSA) is 78.4 Å². The number of rotatable bonds is 5. The number of amides is 2. The molecule has 114 valence electrons. The van der Waals surface area contributed by atoms with Crippen molar-refractivity contribution in [3.63, 3.8) is 0 Å². The van der Waals surface area contributed by atoms with Crippen molar-refractivity contribution in [3.8, 4) is 0 Å². The predicted molar refractivity (Wildman–Crippen MR) is 81.5 cm³/mol. The maximum Gasteiger partial charge on any atom is 0.326 e. The van der Waals surface area contributed by atoms with Crippen LogP contribution in [0.3, 0.4) is 0 Å². The number of carboxylic acid groups (broad SMARTS) is 1. The van der Waals surface area contributed by atoms with Crippen LogP contribution in [0, 0.1) is 5.92 Å². The van der Waals surface area contributed by atoms with Crippen molar-refractivity contribution in [1.29, 1.82) is 0 Å². The molecule has 21 heavy (non-hydrogen) atoms. The van der Waals surface area contributed by atoms with Gasteiger partial charge >= 0.3 is 12.0 Å². The average Bonchev–Trinajstić information content (AvgIpc) is 2.84. The smallest absolute Gasteiger partial charge is 0.326 e. The van der Waals surface area contributed by atoms with Crippen LogP contribution in [0.1, 0.15) is 37.8 Å². The van der Waals surface area contributed by atoms with Gasteiger partial charge in [0.25, 0.3) is 0 Å². The third kappa shape index (κ3) is 4.21. The minimum absolute atomic E-state index is 0.200. The number of benzene rings is 1. The highest BCUT2D eigenvalue weighted by molar-refractivity contribution is 5.92. The van der Waals surface area contributed by atoms with Crippen LogP contribution in [0.15, 0.2) is 18.2 Å². The van der Waals surface area contributed by atoms with Crippen LogP contribution in [0.2, 0.25) is 0 Å². The van der Waals surface area contributed by atoms with Gasteiger partial charge in [0.15, 0.2) is 0 Å². The lowest BCUT2D eigenvalue weighted by Crippen LogP contribution is -2.43. The number of aliphatic carboxylic acids is 1. The van der Waals surface area contributed by atoms with Gasteiger partial charge in [0, 0.05) is 5.69 Å². The van der Waals surface area contributed by atoms with E-state index in [1.807, 2.05) is 32.0 Å². The quantitative estimate of drug-likeness (QED) is 0.780. The Balaban J connectivity index is 1.96. The van der Waals surface area contributed by atoms with Crippen LogP contribution < -0.4 is 10.6 Å². The zero-order valence-electron chi connectivity index (χ0n) is 12.5. The van der Waals surface area contributed by atoms with Crippen molar-refractivity contribution in [1.82, 2.24) is 5.32 Å². The van der Waals surface area contributed by atoms with Crippen molar-refractivity contribution in [2.45, 2.75) is 45.6 Å². The maximum atomic E-state index is 11.9. The van der Waals surface area contributed by atoms with E-state index >= 15 is 0 Å². The number of aryl methyl sites for hydroxylation is 2. The Labute approximate surface area is 124 Å². The number of anilines is 1. The van der Waals surface area contributed by atoms with Gasteiger partial charge in [-0.1, -0.05) is 19.9 Å². The molecule has 0 bridgehead atoms. The molecule has 0 saturated carbocycles. The van der Waals surface area contributed by atoms with Crippen LogP contribution in [0.25, 0.3) is 0 Å². The monoisotopic (exact) mass is 290 g/mol. The molecule has 1 aromatic carbocycles. The predicted octanol–water partition coefficient (Wildman–Crippen LogP) is 2.80. The van der Waals surface area contributed by atoms with Gasteiger partial charge in [-0.2, -0.15) is 0 Å². The molecule has 0 aliphatic heterocycles. The fourth-order valence-corrected chi connectivity index (χ4v) is 2.67. The molecule has 3 N–H and O–H groups in total. The molecule has 5 heteroatoms. The van der Waals surface area contributed by atoms with E-state index in [1.165, 1.54) is 11.1 Å². The summed E-state index contributed by atoms with van der Waals surface area (Å²) < 4.78 is 0. The molecular weight excluding hydrogens is 268 g/mol. The highest BCUT2D eigenvalue weighted by atomic mass is 16.4. The van der Waals surface area contributed by atoms with Gasteiger partial charge < -0.3 is 15.7 Å². The number of fused-ring (bicyclic) bond motifs is 1. The number of hydrogen-bond donors (Lipinski definition) is 3. The number of carboxylic acids is 1. The van der Waals surface area contributed by atoms with Crippen LogP contribution in [0.4, 0.5) is 10.5 Å². The number of hydrogen-bond acceptors (Lipinski definition) is 2. The largest absolute Gasteiger partial charge is 0.480 e. The SMILES string of the molecule is CC(C)C[C@@H](NC(=O)Nc1ccc2c(c1)CCC2)C(=O)O. The van der Waals surface area contributed by atoms with Crippen molar-refractivity contribution < 1.29 is 14.7 Å². The number of nitrogens with one attached hydrogen (secondary N) is 2. The summed E-state index contributed by atoms with van der Waals surface area (Å²) in [5.41, 5.74) is 3.32. The first kappa shape index (κ1) is 15.4. The molecule has 0 saturated heterocycles. The number of urea groups is 1. The Hall–Kier alpha value is -2.04. The van der Waals surface area contributed by atoms with Crippen molar-refractivity contribution >= 4 is 17.7 Å². The second-order valence-electron chi connectivity index (χ2n) is 5.96. The van der Waals surface area contributed by atoms with E-state index in [9.17, 15) is 9.59 Å². The van der Waals surface area contributed by atoms with E-state index < -0.39 is 18.0 Å². The fourth-order valence-electron chi connectivity index (χ4n) is 2.67. The molecule has 1 atom stereocenters. The first-order valence-electron chi connectivity index (χ1n) is 7.38. The lowest BCUT2D eigenvalue weighted by atomic mass is 10.0. The third-order valence-electron chi connectivity index (χ3n) is 3.67. The Morgan fingerprint density at radius 3 is 2.62 bits per heavy atom. The number of carbonyl (C=O) groups excluding carboxylic acids is 1. The lowest BCUT2D eigenvalue weighted by molar-refractivity contribution is -0.139. The zero-order valence-corrected chi connectivity index (χ0v) is 12.5. The van der Waals surface area contributed by atoms with Crippen molar-refractivity contribution in [3.05, 3.63) is 29.3 Å². The van der Waals surface area contributed by atoms with Gasteiger partial charge in [0.2, 0.25) is 0 Å². The molecule has 5 nitrogen and oxygen atoms in total. The standard InChI is InChI=1S/C16H22N2O3/c1-10(2)8-14(15(19)20)18-16(21)17-13-7-6-11-4-3-5-12(11)9-13/h6-7,9-10,14H,3-5,8H2,1-2H3,(H,19,20)(H2,17,18,21)/t14-/m1/s1. The molecule has 2 rings (SSSR count). The maximum absolute atomic E-state index is 11.9. The van der Waals surface area contributed by atoms with Crippen molar-refractivity contribution in [2.24, 2.45) is 5.92 Å². The van der Waals surface area contributed by atoms with Gasteiger partial charge in [-0.05, 0) is 54.9 Å². The van der Waals surface area contributed by atoms with E-state index in [0.29, 0.717) is 12.1 Å². The number of carbonyl (C=O) groups is 2. The molecule has 1 aromatic rings. The molecule has 1 aliphatic rings. The van der Waals surface area contributed by atoms with E-state index in [2.05, 4.69) is 10.6 Å². The summed E-state index contributed by atoms with van der Waals surface area (Å²) in [5.74, 6) is -0.806. The minimum Gasteiger partial charge on any atom is -0.480 e. The van der Waals surface area contributed by atoms with Crippen LogP contribution in [-0.4, -0.2) is 23.1 Å². The van der Waals surface area contributed by atoms with Gasteiger partial charge in [-0.3, -0.25) is 0 Å². The van der Waals surface area contributed by atoms with Crippen molar-refractivity contribution in [2.75, 3.05) is 5.32 Å². The third-order valence-corrected chi connectivity index (χ3v) is 3.67. The van der Waals surface area contributed by atoms with E-state index in [-0.39, 0.29) is 5.92 Å². The summed E-state index contributed by atoms with van der Waals surface area (Å²) in [6.45, 7) is 3.85. The van der Waals surface area contributed by atoms with Gasteiger partial charge in [0.1, 0.15) is 6.04 Å². The molecule has 0 fully saturated rings. The summed E-state index contributed by atoms with van der Waals surface area (Å²) in [4.78, 5) is 23.1. The lowest BCUT2D eigenvalue weighted by Gasteiger charge is -2.17. The Morgan fingerprint density at radius 1 is 1.24 bits per heavy atom. The summed E-state index contributed by atoms with van der Waals surface area (Å²) in [6.07, 6.45) is 3.70. The summed E-state index contributed by atoms with van der Waals surface area (Å²) in [7, 11) is 0. The van der Waals surface area contributed by atoms with Gasteiger partial charge in [-0.15, -0.1) is 0 Å². The van der Waals surface area contributed by atoms with E-state index in [4.69, 9.17) is 5.11 Å². The molecule has 2 amide bonds. The highest BCUT2D eigenvalue weighted by Crippen LogP contribution is 2.24. The highest BCUT2D eigenvalue weighted by Gasteiger charge is 2.21. The molecule has 1 aliphatic carbocycles. The second kappa shape index (κ2) is 6.61. The Bertz CT molecular complexity index is 540. The average molecular weight is 290 g/mol. The van der Waals surface area contributed by atoms with Crippen LogP contribution in [0.5, 0.6) is 0 Å². The van der Waals surface area contributed by atoms with Gasteiger partial charge in [-0.25, -0.2) is 9.59 Å².